The van der Waals surface area contributed by atoms with Crippen LogP contribution in [-0.2, 0) is 4.74 Å². The number of allylic oxidation sites excluding steroid dienone is 1. The van der Waals surface area contributed by atoms with E-state index in [2.05, 4.69) is 11.3 Å². The second-order valence-electron chi connectivity index (χ2n) is 0.920. The van der Waals surface area contributed by atoms with E-state index < -0.39 is 0 Å². The van der Waals surface area contributed by atoms with Crippen LogP contribution < -0.4 is 0 Å². The van der Waals surface area contributed by atoms with Gasteiger partial charge in [-0.05, 0) is 6.08 Å². The Bertz CT molecular complexity index is 86.1. The van der Waals surface area contributed by atoms with E-state index in [0.29, 0.717) is 5.76 Å². The van der Waals surface area contributed by atoms with Gasteiger partial charge in [-0.1, -0.05) is 18.2 Å². The quantitative estimate of drug-likeness (QED) is 0.398. The Labute approximate surface area is 48.2 Å². The molecule has 0 rings (SSSR count). The van der Waals surface area contributed by atoms with Crippen LogP contribution in [0.3, 0.4) is 0 Å². The summed E-state index contributed by atoms with van der Waals surface area (Å²) in [5.74, 6) is 0.585. The highest BCUT2D eigenvalue weighted by Gasteiger charge is 1.79. The van der Waals surface area contributed by atoms with Crippen LogP contribution in [0, 0.1) is 0 Å². The van der Waals surface area contributed by atoms with Crippen molar-refractivity contribution in [1.29, 1.82) is 0 Å². The summed E-state index contributed by atoms with van der Waals surface area (Å²) in [6.07, 6.45) is 1.53. The highest BCUT2D eigenvalue weighted by Crippen LogP contribution is 1.96. The number of hydrogen-bond donors (Lipinski definition) is 0. The largest absolute Gasteiger partial charge is 0.496 e. The van der Waals surface area contributed by atoms with Crippen LogP contribution in [0.1, 0.15) is 0 Å². The van der Waals surface area contributed by atoms with Gasteiger partial charge in [-0.25, -0.2) is 0 Å². The Hall–Kier alpha value is -0.430. The molecule has 0 N–H and O–H groups in total. The molecular weight excluding hydrogens is 112 g/mol. The molecular formula is C5H7ClO. The molecule has 0 aliphatic rings. The molecule has 0 aromatic rings. The van der Waals surface area contributed by atoms with Crippen molar-refractivity contribution in [3.8, 4) is 0 Å². The van der Waals surface area contributed by atoms with Crippen LogP contribution in [0.4, 0.5) is 0 Å². The second kappa shape index (κ2) is 3.75. The van der Waals surface area contributed by atoms with Gasteiger partial charge in [0.25, 0.3) is 0 Å². The van der Waals surface area contributed by atoms with Crippen molar-refractivity contribution in [2.24, 2.45) is 0 Å². The Morgan fingerprint density at radius 3 is 2.43 bits per heavy atom. The summed E-state index contributed by atoms with van der Waals surface area (Å²) in [5, 5.41) is 0. The fourth-order valence-electron chi connectivity index (χ4n) is 0.172. The van der Waals surface area contributed by atoms with Gasteiger partial charge in [-0.2, -0.15) is 0 Å². The summed E-state index contributed by atoms with van der Waals surface area (Å²) in [6, 6.07) is 0. The van der Waals surface area contributed by atoms with Crippen LogP contribution in [-0.4, -0.2) is 7.11 Å². The van der Waals surface area contributed by atoms with Crippen LogP contribution in [0.5, 0.6) is 0 Å². The predicted molar refractivity (Wildman–Crippen MR) is 31.1 cm³/mol. The van der Waals surface area contributed by atoms with Gasteiger partial charge in [-0.3, -0.25) is 0 Å². The molecule has 0 amide bonds. The van der Waals surface area contributed by atoms with Gasteiger partial charge in [0, 0.05) is 5.54 Å². The Morgan fingerprint density at radius 2 is 2.43 bits per heavy atom. The molecule has 7 heavy (non-hydrogen) atoms. The van der Waals surface area contributed by atoms with Crippen LogP contribution >= 0.6 is 11.6 Å². The first-order valence-corrected chi connectivity index (χ1v) is 2.25. The lowest BCUT2D eigenvalue weighted by Crippen LogP contribution is -1.75. The Kier molecular flexibility index (Phi) is 3.52. The second-order valence-corrected chi connectivity index (χ2v) is 1.14. The zero-order valence-electron chi connectivity index (χ0n) is 4.15. The average molecular weight is 119 g/mol. The lowest BCUT2D eigenvalue weighted by molar-refractivity contribution is 0.308. The van der Waals surface area contributed by atoms with Crippen molar-refractivity contribution in [3.63, 3.8) is 0 Å². The van der Waals surface area contributed by atoms with Crippen LogP contribution in [0.15, 0.2) is 23.9 Å². The third kappa shape index (κ3) is 2.29. The molecule has 0 unspecified atom stereocenters. The van der Waals surface area contributed by atoms with E-state index in [-0.39, 0.29) is 0 Å². The van der Waals surface area contributed by atoms with E-state index in [9.17, 15) is 0 Å². The van der Waals surface area contributed by atoms with Crippen molar-refractivity contribution >= 4 is 11.6 Å². The molecule has 0 bridgehead atoms. The van der Waals surface area contributed by atoms with Crippen molar-refractivity contribution in [1.82, 2.24) is 0 Å². The smallest absolute Gasteiger partial charge is 0.129 e. The van der Waals surface area contributed by atoms with Crippen molar-refractivity contribution in [3.05, 3.63) is 23.9 Å². The van der Waals surface area contributed by atoms with E-state index in [1.54, 1.807) is 0 Å². The van der Waals surface area contributed by atoms with Crippen molar-refractivity contribution in [2.45, 2.75) is 0 Å². The maximum Gasteiger partial charge on any atom is 0.129 e. The first kappa shape index (κ1) is 6.57. The number of halogens is 1. The highest BCUT2D eigenvalue weighted by molar-refractivity contribution is 6.25. The predicted octanol–water partition coefficient (Wildman–Crippen LogP) is 1.90. The molecule has 0 atom stereocenters. The van der Waals surface area contributed by atoms with Gasteiger partial charge < -0.3 is 4.74 Å². The SMILES string of the molecule is C=C/C(=C/Cl)OC. The molecule has 0 fully saturated rings. The zero-order valence-corrected chi connectivity index (χ0v) is 4.90. The number of methoxy groups -OCH3 is 1. The Balaban J connectivity index is 3.60. The number of hydrogen-bond acceptors (Lipinski definition) is 1. The minimum absolute atomic E-state index is 0.585. The average Bonchev–Trinajstić information content (AvgIpc) is 1.72. The third-order valence-electron chi connectivity index (χ3n) is 0.544. The molecule has 2 heteroatoms. The van der Waals surface area contributed by atoms with E-state index >= 15 is 0 Å². The van der Waals surface area contributed by atoms with Crippen molar-refractivity contribution < 1.29 is 4.74 Å². The summed E-state index contributed by atoms with van der Waals surface area (Å²) in [4.78, 5) is 0. The van der Waals surface area contributed by atoms with E-state index in [0.717, 1.165) is 0 Å². The van der Waals surface area contributed by atoms with E-state index in [4.69, 9.17) is 11.6 Å². The lowest BCUT2D eigenvalue weighted by atomic mass is 10.6. The maximum absolute atomic E-state index is 5.21. The third-order valence-corrected chi connectivity index (χ3v) is 0.759. The topological polar surface area (TPSA) is 9.23 Å². The lowest BCUT2D eigenvalue weighted by Gasteiger charge is -1.92. The molecule has 0 saturated carbocycles. The van der Waals surface area contributed by atoms with Crippen LogP contribution in [0.2, 0.25) is 0 Å². The van der Waals surface area contributed by atoms with Crippen LogP contribution in [0.25, 0.3) is 0 Å². The first-order valence-electron chi connectivity index (χ1n) is 1.82. The molecule has 0 aromatic heterocycles. The molecule has 0 spiro atoms. The normalized spacial score (nSPS) is 10.9. The molecule has 0 aromatic carbocycles. The van der Waals surface area contributed by atoms with Gasteiger partial charge in [-0.15, -0.1) is 0 Å². The van der Waals surface area contributed by atoms with E-state index in [1.807, 2.05) is 0 Å². The van der Waals surface area contributed by atoms with E-state index in [1.165, 1.54) is 18.7 Å². The number of rotatable bonds is 2. The van der Waals surface area contributed by atoms with Gasteiger partial charge in [0.2, 0.25) is 0 Å². The minimum Gasteiger partial charge on any atom is -0.496 e. The summed E-state index contributed by atoms with van der Waals surface area (Å²) in [5.41, 5.74) is 1.33. The van der Waals surface area contributed by atoms with Gasteiger partial charge in [0.15, 0.2) is 0 Å². The maximum atomic E-state index is 5.21. The molecule has 0 radical (unpaired) electrons. The Morgan fingerprint density at radius 1 is 1.86 bits per heavy atom. The minimum atomic E-state index is 0.585. The van der Waals surface area contributed by atoms with Gasteiger partial charge >= 0.3 is 0 Å². The highest BCUT2D eigenvalue weighted by atomic mass is 35.5. The van der Waals surface area contributed by atoms with Gasteiger partial charge in [0.05, 0.1) is 7.11 Å². The monoisotopic (exact) mass is 118 g/mol. The summed E-state index contributed by atoms with van der Waals surface area (Å²) >= 11 is 5.21. The zero-order chi connectivity index (χ0) is 5.70. The number of ether oxygens (including phenoxy) is 1. The summed E-state index contributed by atoms with van der Waals surface area (Å²) in [6.45, 7) is 3.42. The first-order chi connectivity index (χ1) is 3.35. The molecule has 0 aliphatic carbocycles. The fourth-order valence-corrected chi connectivity index (χ4v) is 0.351. The molecule has 40 valence electrons. The summed E-state index contributed by atoms with van der Waals surface area (Å²) < 4.78 is 4.66. The standard InChI is InChI=1S/C5H7ClO/c1-3-5(4-6)7-2/h3-4H,1H2,2H3/b5-4-. The van der Waals surface area contributed by atoms with Gasteiger partial charge in [0.1, 0.15) is 5.76 Å². The fraction of sp³-hybridized carbons (Fsp3) is 0.200. The molecule has 0 aliphatic heterocycles. The molecule has 1 nitrogen and oxygen atoms in total. The molecule has 0 saturated heterocycles. The van der Waals surface area contributed by atoms with Crippen molar-refractivity contribution in [2.75, 3.05) is 7.11 Å². The summed E-state index contributed by atoms with van der Waals surface area (Å²) in [7, 11) is 1.54. The molecule has 0 heterocycles.